The van der Waals surface area contributed by atoms with Gasteiger partial charge in [-0.2, -0.15) is 0 Å². The third kappa shape index (κ3) is 2.27. The molecule has 2 rings (SSSR count). The van der Waals surface area contributed by atoms with E-state index < -0.39 is 0 Å². The molecule has 18 heavy (non-hydrogen) atoms. The number of aromatic nitrogens is 1. The van der Waals surface area contributed by atoms with Gasteiger partial charge in [0.05, 0.1) is 5.69 Å². The van der Waals surface area contributed by atoms with Gasteiger partial charge in [-0.05, 0) is 18.8 Å². The Labute approximate surface area is 107 Å². The van der Waals surface area contributed by atoms with E-state index in [9.17, 15) is 4.79 Å². The molecule has 5 nitrogen and oxygen atoms in total. The van der Waals surface area contributed by atoms with Gasteiger partial charge in [-0.3, -0.25) is 4.79 Å². The highest BCUT2D eigenvalue weighted by Crippen LogP contribution is 2.29. The normalized spacial score (nSPS) is 23.2. The molecule has 1 aliphatic rings. The van der Waals surface area contributed by atoms with Crippen LogP contribution in [0.2, 0.25) is 0 Å². The molecule has 1 aromatic heterocycles. The average molecular weight is 251 g/mol. The van der Waals surface area contributed by atoms with Crippen molar-refractivity contribution in [2.24, 2.45) is 11.1 Å². The molecule has 0 bridgehead atoms. The van der Waals surface area contributed by atoms with Gasteiger partial charge in [0, 0.05) is 26.1 Å². The van der Waals surface area contributed by atoms with Gasteiger partial charge in [-0.25, -0.2) is 4.98 Å². The van der Waals surface area contributed by atoms with Crippen molar-refractivity contribution < 1.29 is 9.21 Å². The Hall–Kier alpha value is -1.36. The first kappa shape index (κ1) is 13.1. The average Bonchev–Trinajstić information content (AvgIpc) is 2.60. The lowest BCUT2D eigenvalue weighted by molar-refractivity contribution is 0.0501. The van der Waals surface area contributed by atoms with Gasteiger partial charge < -0.3 is 15.1 Å². The summed E-state index contributed by atoms with van der Waals surface area (Å²) in [5, 5.41) is 0. The molecule has 100 valence electrons. The highest BCUT2D eigenvalue weighted by molar-refractivity contribution is 5.92. The lowest BCUT2D eigenvalue weighted by Gasteiger charge is -2.42. The molecule has 1 atom stereocenters. The summed E-state index contributed by atoms with van der Waals surface area (Å²) in [6.45, 7) is 9.07. The predicted octanol–water partition coefficient (Wildman–Crippen LogP) is 1.49. The SMILES string of the molecule is Cc1nc(C)c(C(=O)N2CCC(N)C(C)(C)C2)o1. The van der Waals surface area contributed by atoms with E-state index in [0.717, 1.165) is 6.42 Å². The quantitative estimate of drug-likeness (QED) is 0.820. The second-order valence-electron chi connectivity index (χ2n) is 5.76. The zero-order valence-electron chi connectivity index (χ0n) is 11.5. The summed E-state index contributed by atoms with van der Waals surface area (Å²) in [4.78, 5) is 18.3. The Balaban J connectivity index is 2.18. The number of nitrogens with two attached hydrogens (primary N) is 1. The van der Waals surface area contributed by atoms with E-state index in [1.54, 1.807) is 13.8 Å². The maximum atomic E-state index is 12.4. The summed E-state index contributed by atoms with van der Waals surface area (Å²) in [6, 6.07) is 0.138. The molecule has 2 heterocycles. The molecule has 5 heteroatoms. The second kappa shape index (κ2) is 4.39. The van der Waals surface area contributed by atoms with Gasteiger partial charge in [0.2, 0.25) is 5.76 Å². The van der Waals surface area contributed by atoms with Crippen molar-refractivity contribution in [1.29, 1.82) is 0 Å². The van der Waals surface area contributed by atoms with Crippen molar-refractivity contribution in [3.8, 4) is 0 Å². The number of carbonyl (C=O) groups is 1. The zero-order valence-corrected chi connectivity index (χ0v) is 11.5. The van der Waals surface area contributed by atoms with Crippen LogP contribution in [-0.4, -0.2) is 34.9 Å². The van der Waals surface area contributed by atoms with Crippen molar-refractivity contribution in [3.05, 3.63) is 17.3 Å². The molecule has 0 saturated carbocycles. The minimum atomic E-state index is -0.0759. The smallest absolute Gasteiger partial charge is 0.291 e. The lowest BCUT2D eigenvalue weighted by atomic mass is 9.79. The molecule has 0 aliphatic carbocycles. The monoisotopic (exact) mass is 251 g/mol. The van der Waals surface area contributed by atoms with Crippen LogP contribution in [0, 0.1) is 19.3 Å². The molecular formula is C13H21N3O2. The summed E-state index contributed by atoms with van der Waals surface area (Å²) in [7, 11) is 0. The molecule has 1 amide bonds. The Morgan fingerprint density at radius 2 is 2.17 bits per heavy atom. The van der Waals surface area contributed by atoms with Gasteiger partial charge >= 0.3 is 0 Å². The molecule has 0 aromatic carbocycles. The molecule has 2 N–H and O–H groups in total. The minimum absolute atomic E-state index is 0.0586. The van der Waals surface area contributed by atoms with Crippen LogP contribution in [0.5, 0.6) is 0 Å². The van der Waals surface area contributed by atoms with E-state index in [1.165, 1.54) is 0 Å². The Morgan fingerprint density at radius 1 is 1.50 bits per heavy atom. The van der Waals surface area contributed by atoms with Gasteiger partial charge in [0.25, 0.3) is 5.91 Å². The number of likely N-dealkylation sites (tertiary alicyclic amines) is 1. The summed E-state index contributed by atoms with van der Waals surface area (Å²) >= 11 is 0. The first-order valence-corrected chi connectivity index (χ1v) is 6.30. The van der Waals surface area contributed by atoms with E-state index in [4.69, 9.17) is 10.2 Å². The molecule has 0 spiro atoms. The fourth-order valence-corrected chi connectivity index (χ4v) is 2.42. The van der Waals surface area contributed by atoms with Gasteiger partial charge in [0.1, 0.15) is 0 Å². The number of amides is 1. The Kier molecular flexibility index (Phi) is 3.19. The molecule has 1 saturated heterocycles. The molecule has 1 aromatic rings. The van der Waals surface area contributed by atoms with Crippen molar-refractivity contribution in [2.75, 3.05) is 13.1 Å². The number of aryl methyl sites for hydroxylation is 2. The molecule has 1 fully saturated rings. The third-order valence-corrected chi connectivity index (χ3v) is 3.70. The maximum absolute atomic E-state index is 12.4. The predicted molar refractivity (Wildman–Crippen MR) is 68.3 cm³/mol. The summed E-state index contributed by atoms with van der Waals surface area (Å²) in [6.07, 6.45) is 0.824. The lowest BCUT2D eigenvalue weighted by Crippen LogP contribution is -2.54. The molecular weight excluding hydrogens is 230 g/mol. The third-order valence-electron chi connectivity index (χ3n) is 3.70. The van der Waals surface area contributed by atoms with Crippen LogP contribution in [0.25, 0.3) is 0 Å². The van der Waals surface area contributed by atoms with E-state index in [2.05, 4.69) is 18.8 Å². The standard InChI is InChI=1S/C13H21N3O2/c1-8-11(18-9(2)15-8)12(17)16-6-5-10(14)13(3,4)7-16/h10H,5-7,14H2,1-4H3. The van der Waals surface area contributed by atoms with Crippen molar-refractivity contribution in [3.63, 3.8) is 0 Å². The van der Waals surface area contributed by atoms with E-state index in [-0.39, 0.29) is 17.4 Å². The largest absolute Gasteiger partial charge is 0.436 e. The number of carbonyl (C=O) groups excluding carboxylic acids is 1. The number of nitrogens with zero attached hydrogens (tertiary/aromatic N) is 2. The number of piperidine rings is 1. The summed E-state index contributed by atoms with van der Waals surface area (Å²) < 4.78 is 5.39. The highest BCUT2D eigenvalue weighted by Gasteiger charge is 2.36. The van der Waals surface area contributed by atoms with Gasteiger partial charge in [-0.15, -0.1) is 0 Å². The van der Waals surface area contributed by atoms with Gasteiger partial charge in [-0.1, -0.05) is 13.8 Å². The molecule has 1 aliphatic heterocycles. The minimum Gasteiger partial charge on any atom is -0.436 e. The van der Waals surface area contributed by atoms with E-state index in [0.29, 0.717) is 30.4 Å². The Bertz CT molecular complexity index is 465. The fourth-order valence-electron chi connectivity index (χ4n) is 2.42. The van der Waals surface area contributed by atoms with Crippen molar-refractivity contribution in [1.82, 2.24) is 9.88 Å². The second-order valence-corrected chi connectivity index (χ2v) is 5.76. The fraction of sp³-hybridized carbons (Fsp3) is 0.692. The number of oxazole rings is 1. The molecule has 0 radical (unpaired) electrons. The summed E-state index contributed by atoms with van der Waals surface area (Å²) in [5.41, 5.74) is 6.67. The first-order chi connectivity index (χ1) is 8.31. The van der Waals surface area contributed by atoms with Crippen molar-refractivity contribution in [2.45, 2.75) is 40.2 Å². The van der Waals surface area contributed by atoms with Crippen LogP contribution in [0.3, 0.4) is 0 Å². The van der Waals surface area contributed by atoms with E-state index >= 15 is 0 Å². The van der Waals surface area contributed by atoms with Gasteiger partial charge in [0.15, 0.2) is 5.89 Å². The van der Waals surface area contributed by atoms with Crippen LogP contribution < -0.4 is 5.73 Å². The zero-order chi connectivity index (χ0) is 13.5. The molecule has 1 unspecified atom stereocenters. The van der Waals surface area contributed by atoms with Crippen LogP contribution in [0.1, 0.15) is 42.4 Å². The van der Waals surface area contributed by atoms with Crippen LogP contribution in [0.4, 0.5) is 0 Å². The topological polar surface area (TPSA) is 72.4 Å². The maximum Gasteiger partial charge on any atom is 0.291 e. The van der Waals surface area contributed by atoms with Crippen LogP contribution in [-0.2, 0) is 0 Å². The Morgan fingerprint density at radius 3 is 2.67 bits per heavy atom. The highest BCUT2D eigenvalue weighted by atomic mass is 16.4. The first-order valence-electron chi connectivity index (χ1n) is 6.30. The summed E-state index contributed by atoms with van der Waals surface area (Å²) in [5.74, 6) is 0.815. The number of hydrogen-bond acceptors (Lipinski definition) is 4. The van der Waals surface area contributed by atoms with Crippen molar-refractivity contribution >= 4 is 5.91 Å². The van der Waals surface area contributed by atoms with Crippen LogP contribution in [0.15, 0.2) is 4.42 Å². The number of rotatable bonds is 1. The number of hydrogen-bond donors (Lipinski definition) is 1. The van der Waals surface area contributed by atoms with Crippen LogP contribution >= 0.6 is 0 Å². The van der Waals surface area contributed by atoms with E-state index in [1.807, 2.05) is 4.90 Å².